The van der Waals surface area contributed by atoms with Crippen LogP contribution < -0.4 is 5.56 Å². The fraction of sp³-hybridized carbons (Fsp3) is 0. The maximum Gasteiger partial charge on any atom is 0.282 e. The number of pyridine rings is 2. The van der Waals surface area contributed by atoms with Crippen LogP contribution in [0.1, 0.15) is 0 Å². The molecule has 3 aromatic heterocycles. The van der Waals surface area contributed by atoms with Gasteiger partial charge in [0, 0.05) is 33.4 Å². The number of fused-ring (bicyclic) bond motifs is 1. The molecular formula is C23H14BrN3O2. The van der Waals surface area contributed by atoms with E-state index in [1.807, 2.05) is 72.8 Å². The van der Waals surface area contributed by atoms with Crippen molar-refractivity contribution in [2.45, 2.75) is 0 Å². The second kappa shape index (κ2) is 7.14. The number of hydrogen-bond donors (Lipinski definition) is 0. The summed E-state index contributed by atoms with van der Waals surface area (Å²) in [6.07, 6.45) is 3.32. The maximum absolute atomic E-state index is 13.2. The van der Waals surface area contributed by atoms with Crippen LogP contribution in [0.25, 0.3) is 39.5 Å². The minimum Gasteiger partial charge on any atom is -0.434 e. The van der Waals surface area contributed by atoms with Gasteiger partial charge >= 0.3 is 0 Å². The summed E-state index contributed by atoms with van der Waals surface area (Å²) in [6, 6.07) is 23.0. The lowest BCUT2D eigenvalue weighted by Gasteiger charge is -2.06. The Bertz CT molecular complexity index is 1380. The SMILES string of the molecule is O=c1c2ncc(Br)cc2ccn1-c1nc(-c2ccccc2)oc1-c1ccccc1. The van der Waals surface area contributed by atoms with E-state index in [1.165, 1.54) is 4.57 Å². The number of rotatable bonds is 3. The summed E-state index contributed by atoms with van der Waals surface area (Å²) in [5, 5.41) is 0.758. The molecule has 5 rings (SSSR count). The quantitative estimate of drug-likeness (QED) is 0.370. The Morgan fingerprint density at radius 3 is 2.31 bits per heavy atom. The standard InChI is InChI=1S/C23H14BrN3O2/c24-18-13-17-11-12-27(23(28)19(17)25-14-18)21-20(15-7-3-1-4-8-15)29-22(26-21)16-9-5-2-6-10-16/h1-14H. The molecule has 3 heterocycles. The average Bonchev–Trinajstić information content (AvgIpc) is 3.20. The number of oxazole rings is 1. The zero-order valence-corrected chi connectivity index (χ0v) is 16.7. The van der Waals surface area contributed by atoms with E-state index in [0.29, 0.717) is 23.0 Å². The molecule has 0 fully saturated rings. The van der Waals surface area contributed by atoms with Crippen molar-refractivity contribution in [2.24, 2.45) is 0 Å². The van der Waals surface area contributed by atoms with E-state index in [1.54, 1.807) is 12.4 Å². The summed E-state index contributed by atoms with van der Waals surface area (Å²) >= 11 is 3.39. The molecule has 5 aromatic rings. The number of aromatic nitrogens is 3. The van der Waals surface area contributed by atoms with Crippen LogP contribution in [0.5, 0.6) is 0 Å². The molecular weight excluding hydrogens is 430 g/mol. The van der Waals surface area contributed by atoms with Gasteiger partial charge in [-0.25, -0.2) is 4.98 Å². The van der Waals surface area contributed by atoms with Crippen LogP contribution in [0, 0.1) is 0 Å². The van der Waals surface area contributed by atoms with E-state index in [0.717, 1.165) is 21.0 Å². The third-order valence-corrected chi connectivity index (χ3v) is 5.04. The Balaban J connectivity index is 1.77. The third kappa shape index (κ3) is 3.17. The fourth-order valence-corrected chi connectivity index (χ4v) is 3.57. The van der Waals surface area contributed by atoms with Crippen LogP contribution >= 0.6 is 15.9 Å². The molecule has 0 saturated carbocycles. The van der Waals surface area contributed by atoms with Gasteiger partial charge in [-0.2, -0.15) is 4.98 Å². The van der Waals surface area contributed by atoms with Gasteiger partial charge < -0.3 is 4.42 Å². The Labute approximate surface area is 174 Å². The lowest BCUT2D eigenvalue weighted by molar-refractivity contribution is 0.588. The van der Waals surface area contributed by atoms with Crippen molar-refractivity contribution in [3.05, 3.63) is 100 Å². The second-order valence-corrected chi connectivity index (χ2v) is 7.40. The third-order valence-electron chi connectivity index (χ3n) is 4.60. The van der Waals surface area contributed by atoms with E-state index in [9.17, 15) is 4.79 Å². The van der Waals surface area contributed by atoms with Crippen molar-refractivity contribution >= 4 is 26.8 Å². The van der Waals surface area contributed by atoms with Crippen LogP contribution in [-0.2, 0) is 0 Å². The van der Waals surface area contributed by atoms with E-state index >= 15 is 0 Å². The molecule has 29 heavy (non-hydrogen) atoms. The number of benzene rings is 2. The maximum atomic E-state index is 13.2. The van der Waals surface area contributed by atoms with E-state index in [2.05, 4.69) is 25.9 Å². The van der Waals surface area contributed by atoms with Gasteiger partial charge in [-0.1, -0.05) is 48.5 Å². The first-order valence-corrected chi connectivity index (χ1v) is 9.79. The molecule has 0 aliphatic rings. The topological polar surface area (TPSA) is 60.9 Å². The van der Waals surface area contributed by atoms with E-state index in [4.69, 9.17) is 4.42 Å². The molecule has 0 amide bonds. The van der Waals surface area contributed by atoms with Gasteiger partial charge in [0.05, 0.1) is 0 Å². The van der Waals surface area contributed by atoms with Crippen LogP contribution in [0.4, 0.5) is 0 Å². The molecule has 0 radical (unpaired) electrons. The first kappa shape index (κ1) is 17.6. The van der Waals surface area contributed by atoms with E-state index in [-0.39, 0.29) is 5.56 Å². The number of nitrogens with zero attached hydrogens (tertiary/aromatic N) is 3. The number of hydrogen-bond acceptors (Lipinski definition) is 4. The predicted molar refractivity (Wildman–Crippen MR) is 116 cm³/mol. The summed E-state index contributed by atoms with van der Waals surface area (Å²) in [7, 11) is 0. The first-order valence-electron chi connectivity index (χ1n) is 9.00. The van der Waals surface area contributed by atoms with Gasteiger partial charge in [0.15, 0.2) is 11.6 Å². The lowest BCUT2D eigenvalue weighted by atomic mass is 10.2. The van der Waals surface area contributed by atoms with Gasteiger partial charge in [-0.3, -0.25) is 9.36 Å². The first-order chi connectivity index (χ1) is 14.2. The minimum absolute atomic E-state index is 0.250. The van der Waals surface area contributed by atoms with Gasteiger partial charge in [-0.05, 0) is 40.2 Å². The molecule has 140 valence electrons. The molecule has 2 aromatic carbocycles. The van der Waals surface area contributed by atoms with Crippen molar-refractivity contribution in [3.63, 3.8) is 0 Å². The lowest BCUT2D eigenvalue weighted by Crippen LogP contribution is -2.19. The van der Waals surface area contributed by atoms with Crippen molar-refractivity contribution < 1.29 is 4.42 Å². The predicted octanol–water partition coefficient (Wildman–Crippen LogP) is 5.47. The molecule has 0 N–H and O–H groups in total. The second-order valence-electron chi connectivity index (χ2n) is 6.49. The molecule has 0 unspecified atom stereocenters. The Morgan fingerprint density at radius 2 is 1.59 bits per heavy atom. The molecule has 6 heteroatoms. The van der Waals surface area contributed by atoms with Crippen LogP contribution in [0.15, 0.2) is 98.9 Å². The minimum atomic E-state index is -0.250. The molecule has 0 saturated heterocycles. The summed E-state index contributed by atoms with van der Waals surface area (Å²) < 4.78 is 8.44. The monoisotopic (exact) mass is 443 g/mol. The highest BCUT2D eigenvalue weighted by molar-refractivity contribution is 9.10. The summed E-state index contributed by atoms with van der Waals surface area (Å²) in [5.41, 5.74) is 1.80. The highest BCUT2D eigenvalue weighted by atomic mass is 79.9. The highest BCUT2D eigenvalue weighted by Gasteiger charge is 2.19. The highest BCUT2D eigenvalue weighted by Crippen LogP contribution is 2.31. The van der Waals surface area contributed by atoms with Crippen molar-refractivity contribution in [3.8, 4) is 28.6 Å². The van der Waals surface area contributed by atoms with E-state index < -0.39 is 0 Å². The average molecular weight is 444 g/mol. The summed E-state index contributed by atoms with van der Waals surface area (Å²) in [6.45, 7) is 0. The number of halogens is 1. The molecule has 0 atom stereocenters. The largest absolute Gasteiger partial charge is 0.434 e. The van der Waals surface area contributed by atoms with Crippen molar-refractivity contribution in [2.75, 3.05) is 0 Å². The smallest absolute Gasteiger partial charge is 0.282 e. The van der Waals surface area contributed by atoms with Gasteiger partial charge in [0.25, 0.3) is 5.56 Å². The molecule has 0 bridgehead atoms. The Kier molecular flexibility index (Phi) is 4.33. The van der Waals surface area contributed by atoms with Crippen LogP contribution in [0.2, 0.25) is 0 Å². The van der Waals surface area contributed by atoms with Gasteiger partial charge in [-0.15, -0.1) is 0 Å². The Hall–Kier alpha value is -3.51. The Morgan fingerprint density at radius 1 is 0.897 bits per heavy atom. The van der Waals surface area contributed by atoms with Crippen LogP contribution in [-0.4, -0.2) is 14.5 Å². The molecule has 0 aliphatic heterocycles. The van der Waals surface area contributed by atoms with Crippen molar-refractivity contribution in [1.82, 2.24) is 14.5 Å². The van der Waals surface area contributed by atoms with Gasteiger partial charge in [0.1, 0.15) is 5.52 Å². The molecule has 0 aliphatic carbocycles. The normalized spacial score (nSPS) is 11.1. The molecule has 5 nitrogen and oxygen atoms in total. The van der Waals surface area contributed by atoms with Gasteiger partial charge in [0.2, 0.25) is 5.89 Å². The summed E-state index contributed by atoms with van der Waals surface area (Å²) in [5.74, 6) is 1.42. The summed E-state index contributed by atoms with van der Waals surface area (Å²) in [4.78, 5) is 22.1. The molecule has 0 spiro atoms. The zero-order chi connectivity index (χ0) is 19.8. The van der Waals surface area contributed by atoms with Crippen LogP contribution in [0.3, 0.4) is 0 Å². The fourth-order valence-electron chi connectivity index (χ4n) is 3.22. The van der Waals surface area contributed by atoms with Crippen molar-refractivity contribution in [1.29, 1.82) is 0 Å². The zero-order valence-electron chi connectivity index (χ0n) is 15.1.